The maximum absolute atomic E-state index is 11.2. The third-order valence-corrected chi connectivity index (χ3v) is 1.90. The number of carbonyl (C=O) groups is 4. The molecule has 0 aromatic rings. The van der Waals surface area contributed by atoms with Gasteiger partial charge in [-0.2, -0.15) is 10.0 Å². The normalized spacial score (nSPS) is 21.2. The molecular formula is C7H5N3O5. The fourth-order valence-electron chi connectivity index (χ4n) is 1.25. The Kier molecular flexibility index (Phi) is 1.72. The number of amides is 5. The number of hydrogen-bond donors (Lipinski definition) is 2. The Bertz CT molecular complexity index is 410. The quantitative estimate of drug-likeness (QED) is 0.395. The maximum Gasteiger partial charge on any atom is 0.344 e. The Labute approximate surface area is 82.7 Å². The largest absolute Gasteiger partial charge is 0.503 e. The first-order chi connectivity index (χ1) is 7.02. The highest BCUT2D eigenvalue weighted by Gasteiger charge is 2.44. The van der Waals surface area contributed by atoms with E-state index in [1.165, 1.54) is 0 Å². The second-order valence-electron chi connectivity index (χ2n) is 2.85. The number of nitrogens with zero attached hydrogens (tertiary/aromatic N) is 2. The third-order valence-electron chi connectivity index (χ3n) is 1.90. The zero-order chi connectivity index (χ0) is 11.2. The van der Waals surface area contributed by atoms with Crippen molar-refractivity contribution in [2.24, 2.45) is 0 Å². The predicted octanol–water partition coefficient (Wildman–Crippen LogP) is -1.74. The van der Waals surface area contributed by atoms with E-state index in [1.54, 1.807) is 0 Å². The third kappa shape index (κ3) is 1.15. The molecule has 5 amide bonds. The van der Waals surface area contributed by atoms with Crippen LogP contribution in [0.1, 0.15) is 0 Å². The molecule has 2 aliphatic heterocycles. The Balaban J connectivity index is 2.33. The number of aliphatic hydroxyl groups is 1. The second-order valence-corrected chi connectivity index (χ2v) is 2.85. The van der Waals surface area contributed by atoms with Crippen LogP contribution in [0.2, 0.25) is 0 Å². The fraction of sp³-hybridized carbons (Fsp3) is 0.143. The van der Waals surface area contributed by atoms with Crippen LogP contribution in [-0.4, -0.2) is 45.4 Å². The van der Waals surface area contributed by atoms with E-state index in [0.717, 1.165) is 0 Å². The highest BCUT2D eigenvalue weighted by atomic mass is 16.3. The summed E-state index contributed by atoms with van der Waals surface area (Å²) >= 11 is 0. The lowest BCUT2D eigenvalue weighted by Crippen LogP contribution is -2.50. The Morgan fingerprint density at radius 2 is 1.87 bits per heavy atom. The molecule has 0 bridgehead atoms. The van der Waals surface area contributed by atoms with Gasteiger partial charge in [-0.05, 0) is 0 Å². The summed E-state index contributed by atoms with van der Waals surface area (Å²) in [6.45, 7) is -0.281. The van der Waals surface area contributed by atoms with Crippen molar-refractivity contribution in [2.45, 2.75) is 0 Å². The average Bonchev–Trinajstić information content (AvgIpc) is 2.59. The van der Waals surface area contributed by atoms with E-state index in [-0.39, 0.29) is 6.54 Å². The Hall–Kier alpha value is -2.38. The Morgan fingerprint density at radius 3 is 2.27 bits per heavy atom. The topological polar surface area (TPSA) is 107 Å². The molecule has 0 unspecified atom stereocenters. The van der Waals surface area contributed by atoms with Crippen LogP contribution in [0.3, 0.4) is 0 Å². The van der Waals surface area contributed by atoms with Gasteiger partial charge in [-0.15, -0.1) is 0 Å². The molecule has 2 N–H and O–H groups in total. The van der Waals surface area contributed by atoms with Crippen LogP contribution in [0.5, 0.6) is 0 Å². The minimum absolute atomic E-state index is 0.281. The summed E-state index contributed by atoms with van der Waals surface area (Å²) in [6.07, 6.45) is 0.640. The summed E-state index contributed by atoms with van der Waals surface area (Å²) in [4.78, 5) is 44.6. The minimum atomic E-state index is -1.09. The van der Waals surface area contributed by atoms with E-state index < -0.39 is 29.5 Å². The van der Waals surface area contributed by atoms with Crippen molar-refractivity contribution in [3.8, 4) is 0 Å². The molecule has 1 saturated heterocycles. The molecule has 8 heteroatoms. The molecule has 0 radical (unpaired) electrons. The van der Waals surface area contributed by atoms with E-state index in [2.05, 4.69) is 5.32 Å². The van der Waals surface area contributed by atoms with Gasteiger partial charge in [-0.1, -0.05) is 0 Å². The average molecular weight is 211 g/mol. The number of nitrogens with one attached hydrogen (secondary N) is 1. The van der Waals surface area contributed by atoms with Crippen LogP contribution in [-0.2, 0) is 14.4 Å². The standard InChI is InChI=1S/C7H5N3O5/c11-3-1-4(12)9(6(3)14)10-5(13)2-8-7(10)15/h1,11H,2H2,(H,8,15). The van der Waals surface area contributed by atoms with Crippen LogP contribution < -0.4 is 5.32 Å². The first-order valence-corrected chi connectivity index (χ1v) is 3.92. The number of urea groups is 1. The van der Waals surface area contributed by atoms with Crippen molar-refractivity contribution in [1.29, 1.82) is 0 Å². The summed E-state index contributed by atoms with van der Waals surface area (Å²) in [7, 11) is 0. The van der Waals surface area contributed by atoms with E-state index in [4.69, 9.17) is 5.11 Å². The van der Waals surface area contributed by atoms with Gasteiger partial charge in [0, 0.05) is 0 Å². The molecule has 0 aromatic heterocycles. The number of hydrazine groups is 1. The monoisotopic (exact) mass is 211 g/mol. The zero-order valence-corrected chi connectivity index (χ0v) is 7.26. The number of carbonyl (C=O) groups excluding carboxylic acids is 4. The summed E-state index contributed by atoms with van der Waals surface area (Å²) in [5, 5.41) is 11.7. The predicted molar refractivity (Wildman–Crippen MR) is 42.8 cm³/mol. The zero-order valence-electron chi connectivity index (χ0n) is 7.26. The van der Waals surface area contributed by atoms with Crippen molar-refractivity contribution >= 4 is 23.8 Å². The van der Waals surface area contributed by atoms with Gasteiger partial charge >= 0.3 is 11.9 Å². The first-order valence-electron chi connectivity index (χ1n) is 3.92. The molecule has 0 aromatic carbocycles. The summed E-state index contributed by atoms with van der Waals surface area (Å²) in [5.74, 6) is -3.55. The Morgan fingerprint density at radius 1 is 1.20 bits per heavy atom. The smallest absolute Gasteiger partial charge is 0.344 e. The number of rotatable bonds is 1. The van der Waals surface area contributed by atoms with Crippen LogP contribution in [0, 0.1) is 0 Å². The van der Waals surface area contributed by atoms with Gasteiger partial charge in [-0.25, -0.2) is 4.79 Å². The van der Waals surface area contributed by atoms with E-state index in [9.17, 15) is 19.2 Å². The van der Waals surface area contributed by atoms with Crippen molar-refractivity contribution in [3.05, 3.63) is 11.8 Å². The molecule has 0 atom stereocenters. The molecule has 2 heterocycles. The highest BCUT2D eigenvalue weighted by molar-refractivity contribution is 6.18. The van der Waals surface area contributed by atoms with Gasteiger partial charge in [0.25, 0.3) is 11.8 Å². The summed E-state index contributed by atoms with van der Waals surface area (Å²) < 4.78 is 0. The SMILES string of the molecule is O=C1C=C(O)C(=O)N1N1C(=O)CNC1=O. The lowest BCUT2D eigenvalue weighted by molar-refractivity contribution is -0.159. The maximum atomic E-state index is 11.2. The van der Waals surface area contributed by atoms with Gasteiger partial charge in [-0.3, -0.25) is 14.4 Å². The van der Waals surface area contributed by atoms with Gasteiger partial charge in [0.05, 0.1) is 6.08 Å². The van der Waals surface area contributed by atoms with E-state index >= 15 is 0 Å². The first kappa shape index (κ1) is 9.19. The van der Waals surface area contributed by atoms with Gasteiger partial charge < -0.3 is 10.4 Å². The van der Waals surface area contributed by atoms with Crippen molar-refractivity contribution in [3.63, 3.8) is 0 Å². The molecular weight excluding hydrogens is 206 g/mol. The fourth-order valence-corrected chi connectivity index (χ4v) is 1.25. The van der Waals surface area contributed by atoms with E-state index in [1.807, 2.05) is 0 Å². The summed E-state index contributed by atoms with van der Waals surface area (Å²) in [6, 6.07) is -0.871. The van der Waals surface area contributed by atoms with Crippen LogP contribution in [0.25, 0.3) is 0 Å². The number of imide groups is 2. The lowest BCUT2D eigenvalue weighted by Gasteiger charge is -2.21. The van der Waals surface area contributed by atoms with Crippen molar-refractivity contribution < 1.29 is 24.3 Å². The molecule has 8 nitrogen and oxygen atoms in total. The van der Waals surface area contributed by atoms with Gasteiger partial charge in [0.1, 0.15) is 6.54 Å². The van der Waals surface area contributed by atoms with Crippen LogP contribution in [0.15, 0.2) is 11.8 Å². The highest BCUT2D eigenvalue weighted by Crippen LogP contribution is 2.15. The minimum Gasteiger partial charge on any atom is -0.503 e. The van der Waals surface area contributed by atoms with Gasteiger partial charge in [0.2, 0.25) is 0 Å². The molecule has 15 heavy (non-hydrogen) atoms. The van der Waals surface area contributed by atoms with Gasteiger partial charge in [0.15, 0.2) is 5.76 Å². The van der Waals surface area contributed by atoms with Crippen LogP contribution in [0.4, 0.5) is 4.79 Å². The molecule has 2 rings (SSSR count). The molecule has 1 fully saturated rings. The second kappa shape index (κ2) is 2.80. The molecule has 2 aliphatic rings. The number of hydrogen-bond acceptors (Lipinski definition) is 5. The molecule has 78 valence electrons. The molecule has 0 spiro atoms. The van der Waals surface area contributed by atoms with Crippen molar-refractivity contribution in [1.82, 2.24) is 15.3 Å². The molecule has 0 saturated carbocycles. The molecule has 0 aliphatic carbocycles. The van der Waals surface area contributed by atoms with Crippen LogP contribution >= 0.6 is 0 Å². The number of aliphatic hydroxyl groups excluding tert-OH is 1. The van der Waals surface area contributed by atoms with E-state index in [0.29, 0.717) is 16.1 Å². The van der Waals surface area contributed by atoms with Crippen molar-refractivity contribution in [2.75, 3.05) is 6.54 Å². The lowest BCUT2D eigenvalue weighted by atomic mass is 10.5. The summed E-state index contributed by atoms with van der Waals surface area (Å²) in [5.41, 5.74) is 0.